The standard InChI is InChI=1S/C16H19NO7/c1-5-21-16(18)11-8(2)12(24-17-11)9-6-10-14(23-7-22-10)15(20-4)13(9)19-3/h6,8,12H,5,7H2,1-4H3/t8-,12-/m1/s1. The maximum Gasteiger partial charge on any atom is 0.356 e. The van der Waals surface area contributed by atoms with Crippen LogP contribution < -0.4 is 18.9 Å². The Morgan fingerprint density at radius 1 is 1.29 bits per heavy atom. The lowest BCUT2D eigenvalue weighted by atomic mass is 9.92. The van der Waals surface area contributed by atoms with Crippen LogP contribution in [0.5, 0.6) is 23.0 Å². The molecule has 0 spiro atoms. The van der Waals surface area contributed by atoms with Crippen LogP contribution in [0.4, 0.5) is 0 Å². The zero-order valence-electron chi connectivity index (χ0n) is 14.0. The van der Waals surface area contributed by atoms with Gasteiger partial charge in [-0.1, -0.05) is 12.1 Å². The molecule has 0 unspecified atom stereocenters. The number of carbonyl (C=O) groups excluding carboxylic acids is 1. The van der Waals surface area contributed by atoms with E-state index in [-0.39, 0.29) is 25.0 Å². The summed E-state index contributed by atoms with van der Waals surface area (Å²) in [6.45, 7) is 3.95. The van der Waals surface area contributed by atoms with E-state index < -0.39 is 12.1 Å². The molecule has 1 aromatic rings. The van der Waals surface area contributed by atoms with Crippen LogP contribution in [0.3, 0.4) is 0 Å². The maximum absolute atomic E-state index is 12.0. The minimum atomic E-state index is -0.525. The fourth-order valence-electron chi connectivity index (χ4n) is 2.81. The lowest BCUT2D eigenvalue weighted by Crippen LogP contribution is -2.24. The predicted octanol–water partition coefficient (Wildman–Crippen LogP) is 2.06. The number of ether oxygens (including phenoxy) is 5. The topological polar surface area (TPSA) is 84.8 Å². The molecule has 3 rings (SSSR count). The Morgan fingerprint density at radius 2 is 2.04 bits per heavy atom. The van der Waals surface area contributed by atoms with E-state index >= 15 is 0 Å². The first-order valence-corrected chi connectivity index (χ1v) is 7.57. The van der Waals surface area contributed by atoms with Crippen molar-refractivity contribution in [3.05, 3.63) is 11.6 Å². The number of methoxy groups -OCH3 is 2. The first kappa shape index (κ1) is 16.2. The summed E-state index contributed by atoms with van der Waals surface area (Å²) < 4.78 is 26.8. The van der Waals surface area contributed by atoms with Gasteiger partial charge in [0, 0.05) is 5.56 Å². The third-order valence-electron chi connectivity index (χ3n) is 3.95. The van der Waals surface area contributed by atoms with Crippen LogP contribution in [0.1, 0.15) is 25.5 Å². The van der Waals surface area contributed by atoms with Crippen LogP contribution in [0.2, 0.25) is 0 Å². The molecule has 1 aromatic carbocycles. The lowest BCUT2D eigenvalue weighted by molar-refractivity contribution is -0.135. The molecule has 2 atom stereocenters. The fraction of sp³-hybridized carbons (Fsp3) is 0.500. The molecular formula is C16H19NO7. The van der Waals surface area contributed by atoms with Crippen LogP contribution in [-0.2, 0) is 14.4 Å². The molecule has 0 radical (unpaired) electrons. The van der Waals surface area contributed by atoms with E-state index in [1.54, 1.807) is 13.0 Å². The largest absolute Gasteiger partial charge is 0.492 e. The number of hydrogen-bond donors (Lipinski definition) is 0. The van der Waals surface area contributed by atoms with Gasteiger partial charge in [-0.25, -0.2) is 4.79 Å². The average Bonchev–Trinajstić information content (AvgIpc) is 3.19. The molecule has 0 N–H and O–H groups in total. The average molecular weight is 337 g/mol. The van der Waals surface area contributed by atoms with Gasteiger partial charge >= 0.3 is 5.97 Å². The summed E-state index contributed by atoms with van der Waals surface area (Å²) in [4.78, 5) is 17.5. The summed E-state index contributed by atoms with van der Waals surface area (Å²) in [5.74, 6) is 1.09. The number of esters is 1. The Labute approximate surface area is 139 Å². The van der Waals surface area contributed by atoms with Crippen molar-refractivity contribution in [2.24, 2.45) is 11.1 Å². The van der Waals surface area contributed by atoms with Gasteiger partial charge in [0.2, 0.25) is 18.3 Å². The van der Waals surface area contributed by atoms with Crippen LogP contribution >= 0.6 is 0 Å². The summed E-state index contributed by atoms with van der Waals surface area (Å²) in [7, 11) is 3.04. The second-order valence-corrected chi connectivity index (χ2v) is 5.28. The molecule has 2 heterocycles. The number of hydrogen-bond acceptors (Lipinski definition) is 8. The highest BCUT2D eigenvalue weighted by Gasteiger charge is 2.40. The minimum absolute atomic E-state index is 0.101. The highest BCUT2D eigenvalue weighted by Crippen LogP contribution is 2.52. The second kappa shape index (κ2) is 6.46. The maximum atomic E-state index is 12.0. The van der Waals surface area contributed by atoms with Crippen molar-refractivity contribution >= 4 is 11.7 Å². The van der Waals surface area contributed by atoms with Crippen LogP contribution in [-0.4, -0.2) is 39.3 Å². The molecule has 0 fully saturated rings. The molecule has 0 saturated carbocycles. The van der Waals surface area contributed by atoms with Gasteiger partial charge < -0.3 is 28.5 Å². The van der Waals surface area contributed by atoms with Crippen molar-refractivity contribution in [2.45, 2.75) is 20.0 Å². The monoisotopic (exact) mass is 337 g/mol. The van der Waals surface area contributed by atoms with Gasteiger partial charge in [-0.2, -0.15) is 0 Å². The molecule has 0 saturated heterocycles. The molecule has 0 bridgehead atoms. The SMILES string of the molecule is CCOC(=O)C1=NO[C@@H](c2cc3c(c(OC)c2OC)OCO3)[C@@H]1C. The van der Waals surface area contributed by atoms with Crippen LogP contribution in [0.15, 0.2) is 11.2 Å². The Hall–Kier alpha value is -2.64. The molecular weight excluding hydrogens is 318 g/mol. The smallest absolute Gasteiger partial charge is 0.356 e. The summed E-state index contributed by atoms with van der Waals surface area (Å²) in [6.07, 6.45) is -0.525. The zero-order chi connectivity index (χ0) is 17.3. The normalized spacial score (nSPS) is 21.1. The lowest BCUT2D eigenvalue weighted by Gasteiger charge is -2.20. The van der Waals surface area contributed by atoms with Crippen molar-refractivity contribution in [2.75, 3.05) is 27.6 Å². The molecule has 24 heavy (non-hydrogen) atoms. The number of nitrogens with zero attached hydrogens (tertiary/aromatic N) is 1. The van der Waals surface area contributed by atoms with Gasteiger partial charge in [0.1, 0.15) is 0 Å². The molecule has 8 nitrogen and oxygen atoms in total. The highest BCUT2D eigenvalue weighted by molar-refractivity contribution is 6.37. The zero-order valence-corrected chi connectivity index (χ0v) is 14.0. The van der Waals surface area contributed by atoms with E-state index in [0.717, 1.165) is 0 Å². The summed E-state index contributed by atoms with van der Waals surface area (Å²) >= 11 is 0. The van der Waals surface area contributed by atoms with Gasteiger partial charge in [0.15, 0.2) is 23.3 Å². The van der Waals surface area contributed by atoms with Crippen molar-refractivity contribution in [3.8, 4) is 23.0 Å². The third-order valence-corrected chi connectivity index (χ3v) is 3.95. The van der Waals surface area contributed by atoms with Gasteiger partial charge in [0.25, 0.3) is 0 Å². The molecule has 2 aliphatic heterocycles. The van der Waals surface area contributed by atoms with E-state index in [1.165, 1.54) is 14.2 Å². The van der Waals surface area contributed by atoms with E-state index in [0.29, 0.717) is 28.6 Å². The second-order valence-electron chi connectivity index (χ2n) is 5.28. The van der Waals surface area contributed by atoms with Gasteiger partial charge in [-0.3, -0.25) is 0 Å². The first-order valence-electron chi connectivity index (χ1n) is 7.57. The third kappa shape index (κ3) is 2.47. The molecule has 0 aromatic heterocycles. The molecule has 0 aliphatic carbocycles. The van der Waals surface area contributed by atoms with Crippen molar-refractivity contribution in [1.82, 2.24) is 0 Å². The summed E-state index contributed by atoms with van der Waals surface area (Å²) in [6, 6.07) is 1.76. The Bertz CT molecular complexity index is 685. The van der Waals surface area contributed by atoms with Gasteiger partial charge in [0.05, 0.1) is 26.7 Å². The minimum Gasteiger partial charge on any atom is -0.492 e. The molecule has 8 heteroatoms. The summed E-state index contributed by atoms with van der Waals surface area (Å²) in [5, 5.41) is 3.89. The Balaban J connectivity index is 1.98. The van der Waals surface area contributed by atoms with Crippen LogP contribution in [0, 0.1) is 5.92 Å². The number of fused-ring (bicyclic) bond motifs is 1. The summed E-state index contributed by atoms with van der Waals surface area (Å²) in [5.41, 5.74) is 0.898. The Kier molecular flexibility index (Phi) is 4.37. The van der Waals surface area contributed by atoms with E-state index in [9.17, 15) is 4.79 Å². The van der Waals surface area contributed by atoms with E-state index in [1.807, 2.05) is 6.92 Å². The predicted molar refractivity (Wildman–Crippen MR) is 82.7 cm³/mol. The van der Waals surface area contributed by atoms with Crippen molar-refractivity contribution < 1.29 is 33.3 Å². The first-order chi connectivity index (χ1) is 11.6. The molecule has 2 aliphatic rings. The number of oxime groups is 1. The highest BCUT2D eigenvalue weighted by atomic mass is 16.7. The quantitative estimate of drug-likeness (QED) is 0.760. The van der Waals surface area contributed by atoms with Gasteiger partial charge in [-0.15, -0.1) is 0 Å². The van der Waals surface area contributed by atoms with E-state index in [4.69, 9.17) is 28.5 Å². The number of carbonyl (C=O) groups is 1. The molecule has 0 amide bonds. The number of benzene rings is 1. The Morgan fingerprint density at radius 3 is 2.71 bits per heavy atom. The number of rotatable bonds is 5. The van der Waals surface area contributed by atoms with E-state index in [2.05, 4.69) is 5.16 Å². The van der Waals surface area contributed by atoms with Gasteiger partial charge in [-0.05, 0) is 13.0 Å². The molecule has 130 valence electrons. The fourth-order valence-corrected chi connectivity index (χ4v) is 2.81. The van der Waals surface area contributed by atoms with Crippen LogP contribution in [0.25, 0.3) is 0 Å². The van der Waals surface area contributed by atoms with Crippen molar-refractivity contribution in [3.63, 3.8) is 0 Å². The van der Waals surface area contributed by atoms with Crippen molar-refractivity contribution in [1.29, 1.82) is 0 Å².